The largest absolute Gasteiger partial charge is 0.457 e. The van der Waals surface area contributed by atoms with Crippen LogP contribution in [0.5, 0.6) is 11.5 Å². The molecule has 0 unspecified atom stereocenters. The summed E-state index contributed by atoms with van der Waals surface area (Å²) >= 11 is 0. The number of Topliss-reactive ketones (excluding diaryl/α,β-unsaturated/α-hetero) is 1. The average molecular weight is 492 g/mol. The monoisotopic (exact) mass is 491 g/mol. The lowest BCUT2D eigenvalue weighted by atomic mass is 10.0. The Morgan fingerprint density at radius 2 is 1.43 bits per heavy atom. The molecule has 37 heavy (non-hydrogen) atoms. The maximum atomic E-state index is 12.6. The van der Waals surface area contributed by atoms with Crippen molar-refractivity contribution in [1.82, 2.24) is 0 Å². The molecule has 4 aromatic carbocycles. The molecule has 0 bridgehead atoms. The van der Waals surface area contributed by atoms with E-state index in [-0.39, 0.29) is 31.3 Å². The molecule has 1 aliphatic heterocycles. The minimum Gasteiger partial charge on any atom is -0.457 e. The molecule has 1 amide bonds. The van der Waals surface area contributed by atoms with Crippen molar-refractivity contribution in [3.8, 4) is 22.6 Å². The molecular formula is C31H25NO5. The van der Waals surface area contributed by atoms with Crippen molar-refractivity contribution in [2.24, 2.45) is 5.92 Å². The quantitative estimate of drug-likeness (QED) is 0.226. The van der Waals surface area contributed by atoms with E-state index in [1.165, 1.54) is 0 Å². The highest BCUT2D eigenvalue weighted by molar-refractivity contribution is 6.01. The number of nitrogens with zero attached hydrogens (tertiary/aromatic N) is 1. The Balaban J connectivity index is 1.21. The molecule has 0 radical (unpaired) electrons. The van der Waals surface area contributed by atoms with Crippen molar-refractivity contribution in [2.45, 2.75) is 6.42 Å². The number of amides is 1. The van der Waals surface area contributed by atoms with Crippen LogP contribution >= 0.6 is 0 Å². The van der Waals surface area contributed by atoms with Gasteiger partial charge in [0.2, 0.25) is 5.91 Å². The highest BCUT2D eigenvalue weighted by Gasteiger charge is 2.36. The van der Waals surface area contributed by atoms with Crippen molar-refractivity contribution in [3.63, 3.8) is 0 Å². The number of para-hydroxylation sites is 1. The molecular weight excluding hydrogens is 466 g/mol. The third kappa shape index (κ3) is 5.59. The summed E-state index contributed by atoms with van der Waals surface area (Å²) in [5, 5.41) is 0. The third-order valence-corrected chi connectivity index (χ3v) is 6.25. The summed E-state index contributed by atoms with van der Waals surface area (Å²) in [6, 6.07) is 33.7. The summed E-state index contributed by atoms with van der Waals surface area (Å²) in [6.07, 6.45) is 0.0427. The minimum absolute atomic E-state index is 0.0427. The van der Waals surface area contributed by atoms with E-state index >= 15 is 0 Å². The number of carbonyl (C=O) groups excluding carboxylic acids is 3. The Hall–Kier alpha value is -4.71. The van der Waals surface area contributed by atoms with E-state index in [9.17, 15) is 14.4 Å². The normalized spacial score (nSPS) is 14.9. The molecule has 1 atom stereocenters. The lowest BCUT2D eigenvalue weighted by Gasteiger charge is -2.17. The van der Waals surface area contributed by atoms with Gasteiger partial charge in [0.15, 0.2) is 12.4 Å². The van der Waals surface area contributed by atoms with Crippen LogP contribution in [0.15, 0.2) is 109 Å². The van der Waals surface area contributed by atoms with Gasteiger partial charge in [0, 0.05) is 29.8 Å². The van der Waals surface area contributed by atoms with Crippen molar-refractivity contribution in [2.75, 3.05) is 18.1 Å². The van der Waals surface area contributed by atoms with Crippen molar-refractivity contribution in [3.05, 3.63) is 115 Å². The Bertz CT molecular complexity index is 1400. The zero-order valence-electron chi connectivity index (χ0n) is 20.1. The molecule has 4 aromatic rings. The van der Waals surface area contributed by atoms with Gasteiger partial charge in [-0.25, -0.2) is 0 Å². The molecule has 1 saturated heterocycles. The zero-order valence-corrected chi connectivity index (χ0v) is 20.1. The van der Waals surface area contributed by atoms with Gasteiger partial charge < -0.3 is 14.4 Å². The molecule has 0 spiro atoms. The first-order valence-electron chi connectivity index (χ1n) is 12.1. The zero-order chi connectivity index (χ0) is 25.6. The first-order chi connectivity index (χ1) is 18.1. The first kappa shape index (κ1) is 24.0. The standard InChI is InChI=1S/C31H25NO5/c33-28(23-11-5-2-6-12-23)21-36-31(35)24-19-30(34)32(20-24)25-15-17-26(18-16-25)37-29-14-8-7-13-27(29)22-9-3-1-4-10-22/h1-18,24H,19-21H2/t24-/m0/s1. The second-order valence-corrected chi connectivity index (χ2v) is 8.76. The SMILES string of the molecule is O=C(COC(=O)[C@H]1CC(=O)N(c2ccc(Oc3ccccc3-c3ccccc3)cc2)C1)c1ccccc1. The fourth-order valence-electron chi connectivity index (χ4n) is 4.31. The maximum Gasteiger partial charge on any atom is 0.311 e. The van der Waals surface area contributed by atoms with E-state index in [4.69, 9.17) is 9.47 Å². The van der Waals surface area contributed by atoms with Gasteiger partial charge in [0.05, 0.1) is 5.92 Å². The average Bonchev–Trinajstić information content (AvgIpc) is 3.35. The van der Waals surface area contributed by atoms with E-state index in [1.807, 2.05) is 60.7 Å². The second kappa shape index (κ2) is 10.9. The van der Waals surface area contributed by atoms with Crippen LogP contribution in [0, 0.1) is 5.92 Å². The van der Waals surface area contributed by atoms with E-state index < -0.39 is 11.9 Å². The van der Waals surface area contributed by atoms with Crippen LogP contribution in [-0.4, -0.2) is 30.8 Å². The Labute approximate surface area is 215 Å². The van der Waals surface area contributed by atoms with Crippen LogP contribution in [0.3, 0.4) is 0 Å². The lowest BCUT2D eigenvalue weighted by Crippen LogP contribution is -2.27. The number of carbonyl (C=O) groups is 3. The van der Waals surface area contributed by atoms with E-state index in [2.05, 4.69) is 0 Å². The molecule has 1 heterocycles. The Morgan fingerprint density at radius 1 is 0.784 bits per heavy atom. The first-order valence-corrected chi connectivity index (χ1v) is 12.1. The van der Waals surface area contributed by atoms with Gasteiger partial charge in [-0.2, -0.15) is 0 Å². The van der Waals surface area contributed by atoms with Crippen LogP contribution in [-0.2, 0) is 14.3 Å². The number of hydrogen-bond acceptors (Lipinski definition) is 5. The molecule has 0 saturated carbocycles. The summed E-state index contributed by atoms with van der Waals surface area (Å²) in [4.78, 5) is 39.0. The van der Waals surface area contributed by atoms with Crippen LogP contribution < -0.4 is 9.64 Å². The topological polar surface area (TPSA) is 72.9 Å². The van der Waals surface area contributed by atoms with Gasteiger partial charge in [-0.3, -0.25) is 14.4 Å². The molecule has 0 aromatic heterocycles. The van der Waals surface area contributed by atoms with Gasteiger partial charge in [-0.1, -0.05) is 78.9 Å². The number of anilines is 1. The van der Waals surface area contributed by atoms with Gasteiger partial charge in [0.1, 0.15) is 11.5 Å². The van der Waals surface area contributed by atoms with Crippen molar-refractivity contribution >= 4 is 23.3 Å². The molecule has 6 nitrogen and oxygen atoms in total. The highest BCUT2D eigenvalue weighted by atomic mass is 16.5. The summed E-state index contributed by atoms with van der Waals surface area (Å²) in [5.41, 5.74) is 3.19. The van der Waals surface area contributed by atoms with Crippen LogP contribution in [0.25, 0.3) is 11.1 Å². The van der Waals surface area contributed by atoms with Gasteiger partial charge in [-0.05, 0) is 35.9 Å². The van der Waals surface area contributed by atoms with Crippen LogP contribution in [0.1, 0.15) is 16.8 Å². The third-order valence-electron chi connectivity index (χ3n) is 6.25. The van der Waals surface area contributed by atoms with E-state index in [0.717, 1.165) is 16.9 Å². The summed E-state index contributed by atoms with van der Waals surface area (Å²) in [5.74, 6) is -0.248. The van der Waals surface area contributed by atoms with Crippen LogP contribution in [0.2, 0.25) is 0 Å². The smallest absolute Gasteiger partial charge is 0.311 e. The Kier molecular flexibility index (Phi) is 7.08. The second-order valence-electron chi connectivity index (χ2n) is 8.76. The molecule has 6 heteroatoms. The molecule has 1 aliphatic rings. The predicted octanol–water partition coefficient (Wildman–Crippen LogP) is 5.92. The molecule has 5 rings (SSSR count). The summed E-state index contributed by atoms with van der Waals surface area (Å²) in [6.45, 7) is -0.141. The lowest BCUT2D eigenvalue weighted by molar-refractivity contribution is -0.147. The molecule has 184 valence electrons. The number of ether oxygens (including phenoxy) is 2. The number of benzene rings is 4. The predicted molar refractivity (Wildman–Crippen MR) is 141 cm³/mol. The fraction of sp³-hybridized carbons (Fsp3) is 0.129. The van der Waals surface area contributed by atoms with Gasteiger partial charge in [-0.15, -0.1) is 0 Å². The fourth-order valence-corrected chi connectivity index (χ4v) is 4.31. The van der Waals surface area contributed by atoms with Crippen molar-refractivity contribution < 1.29 is 23.9 Å². The minimum atomic E-state index is -0.621. The van der Waals surface area contributed by atoms with Crippen molar-refractivity contribution in [1.29, 1.82) is 0 Å². The number of hydrogen-bond donors (Lipinski definition) is 0. The van der Waals surface area contributed by atoms with Gasteiger partial charge >= 0.3 is 5.97 Å². The summed E-state index contributed by atoms with van der Waals surface area (Å²) < 4.78 is 11.4. The molecule has 0 N–H and O–H groups in total. The number of ketones is 1. The van der Waals surface area contributed by atoms with E-state index in [1.54, 1.807) is 53.4 Å². The number of esters is 1. The van der Waals surface area contributed by atoms with Gasteiger partial charge in [0.25, 0.3) is 0 Å². The summed E-state index contributed by atoms with van der Waals surface area (Å²) in [7, 11) is 0. The molecule has 1 fully saturated rings. The van der Waals surface area contributed by atoms with Crippen LogP contribution in [0.4, 0.5) is 5.69 Å². The number of rotatable bonds is 8. The Morgan fingerprint density at radius 3 is 2.16 bits per heavy atom. The van der Waals surface area contributed by atoms with E-state index in [0.29, 0.717) is 17.0 Å². The molecule has 0 aliphatic carbocycles. The highest BCUT2D eigenvalue weighted by Crippen LogP contribution is 2.34. The maximum absolute atomic E-state index is 12.6.